The van der Waals surface area contributed by atoms with Crippen LogP contribution < -0.4 is 5.73 Å². The molecule has 0 aliphatic heterocycles. The Morgan fingerprint density at radius 3 is 2.89 bits per heavy atom. The Morgan fingerprint density at radius 1 is 1.33 bits per heavy atom. The van der Waals surface area contributed by atoms with E-state index in [1.165, 1.54) is 0 Å². The Balaban J connectivity index is 1.74. The Labute approximate surface area is 107 Å². The molecule has 0 spiro atoms. The molecule has 2 N–H and O–H groups in total. The van der Waals surface area contributed by atoms with Crippen molar-refractivity contribution >= 4 is 5.69 Å². The second-order valence-corrected chi connectivity index (χ2v) is 4.21. The van der Waals surface area contributed by atoms with Gasteiger partial charge < -0.3 is 10.5 Å². The predicted molar refractivity (Wildman–Crippen MR) is 72.1 cm³/mol. The van der Waals surface area contributed by atoms with E-state index >= 15 is 0 Å². The molecule has 2 aromatic rings. The van der Waals surface area contributed by atoms with Crippen molar-refractivity contribution < 1.29 is 4.74 Å². The van der Waals surface area contributed by atoms with Crippen LogP contribution in [0.2, 0.25) is 0 Å². The van der Waals surface area contributed by atoms with E-state index in [0.717, 1.165) is 29.8 Å². The van der Waals surface area contributed by atoms with Crippen LogP contribution in [0.15, 0.2) is 36.7 Å². The van der Waals surface area contributed by atoms with Crippen LogP contribution in [0.4, 0.5) is 5.69 Å². The van der Waals surface area contributed by atoms with E-state index in [-0.39, 0.29) is 0 Å². The van der Waals surface area contributed by atoms with Crippen LogP contribution in [0.25, 0.3) is 0 Å². The Morgan fingerprint density at radius 2 is 2.17 bits per heavy atom. The number of hydrogen-bond donors (Lipinski definition) is 1. The highest BCUT2D eigenvalue weighted by Gasteiger charge is 2.00. The second kappa shape index (κ2) is 6.21. The molecule has 0 atom stereocenters. The number of nitrogens with zero attached hydrogens (tertiary/aromatic N) is 2. The minimum Gasteiger partial charge on any atom is -0.399 e. The van der Waals surface area contributed by atoms with E-state index in [9.17, 15) is 0 Å². The van der Waals surface area contributed by atoms with Gasteiger partial charge in [0.15, 0.2) is 0 Å². The minimum absolute atomic E-state index is 0.604. The standard InChI is InChI=1S/C14H19N3O/c1-2-17-10-12(9-16-17)11-18-8-7-13-5-3-4-6-14(13)15/h3-6,9-10H,2,7-8,11,15H2,1H3. The molecule has 1 aromatic heterocycles. The van der Waals surface area contributed by atoms with Crippen LogP contribution in [0, 0.1) is 0 Å². The zero-order valence-corrected chi connectivity index (χ0v) is 10.7. The predicted octanol–water partition coefficient (Wildman–Crippen LogP) is 2.24. The molecular weight excluding hydrogens is 226 g/mol. The fraction of sp³-hybridized carbons (Fsp3) is 0.357. The van der Waals surface area contributed by atoms with Crippen LogP contribution >= 0.6 is 0 Å². The number of aryl methyl sites for hydroxylation is 1. The lowest BCUT2D eigenvalue weighted by Crippen LogP contribution is -2.01. The summed E-state index contributed by atoms with van der Waals surface area (Å²) in [7, 11) is 0. The van der Waals surface area contributed by atoms with Gasteiger partial charge in [-0.2, -0.15) is 5.10 Å². The fourth-order valence-electron chi connectivity index (χ4n) is 1.79. The van der Waals surface area contributed by atoms with E-state index in [2.05, 4.69) is 12.0 Å². The molecule has 0 unspecified atom stereocenters. The Kier molecular flexibility index (Phi) is 4.36. The molecule has 0 amide bonds. The molecule has 1 aromatic carbocycles. The first kappa shape index (κ1) is 12.6. The molecule has 0 saturated carbocycles. The largest absolute Gasteiger partial charge is 0.399 e. The Hall–Kier alpha value is -1.81. The number of aromatic nitrogens is 2. The first-order chi connectivity index (χ1) is 8.79. The van der Waals surface area contributed by atoms with Gasteiger partial charge in [-0.25, -0.2) is 0 Å². The van der Waals surface area contributed by atoms with Crippen molar-refractivity contribution in [2.24, 2.45) is 0 Å². The lowest BCUT2D eigenvalue weighted by atomic mass is 10.1. The van der Waals surface area contributed by atoms with E-state index < -0.39 is 0 Å². The SMILES string of the molecule is CCn1cc(COCCc2ccccc2N)cn1. The monoisotopic (exact) mass is 245 g/mol. The number of nitrogens with two attached hydrogens (primary N) is 1. The highest BCUT2D eigenvalue weighted by atomic mass is 16.5. The number of nitrogen functional groups attached to an aromatic ring is 1. The van der Waals surface area contributed by atoms with Gasteiger partial charge in [-0.1, -0.05) is 18.2 Å². The van der Waals surface area contributed by atoms with Gasteiger partial charge in [-0.05, 0) is 25.0 Å². The fourth-order valence-corrected chi connectivity index (χ4v) is 1.79. The molecule has 0 bridgehead atoms. The summed E-state index contributed by atoms with van der Waals surface area (Å²) in [5.41, 5.74) is 8.95. The first-order valence-corrected chi connectivity index (χ1v) is 6.22. The topological polar surface area (TPSA) is 53.1 Å². The quantitative estimate of drug-likeness (QED) is 0.627. The van der Waals surface area contributed by atoms with Gasteiger partial charge in [0.2, 0.25) is 0 Å². The normalized spacial score (nSPS) is 10.7. The zero-order chi connectivity index (χ0) is 12.8. The zero-order valence-electron chi connectivity index (χ0n) is 10.7. The molecule has 0 aliphatic carbocycles. The average molecular weight is 245 g/mol. The summed E-state index contributed by atoms with van der Waals surface area (Å²) in [4.78, 5) is 0. The van der Waals surface area contributed by atoms with Crippen LogP contribution in [-0.2, 0) is 24.3 Å². The lowest BCUT2D eigenvalue weighted by molar-refractivity contribution is 0.124. The Bertz CT molecular complexity index is 493. The summed E-state index contributed by atoms with van der Waals surface area (Å²) >= 11 is 0. The molecule has 0 radical (unpaired) electrons. The van der Waals surface area contributed by atoms with E-state index in [4.69, 9.17) is 10.5 Å². The first-order valence-electron chi connectivity index (χ1n) is 6.22. The number of ether oxygens (including phenoxy) is 1. The highest BCUT2D eigenvalue weighted by molar-refractivity contribution is 5.46. The number of anilines is 1. The minimum atomic E-state index is 0.604. The van der Waals surface area contributed by atoms with Gasteiger partial charge in [0.25, 0.3) is 0 Å². The molecule has 1 heterocycles. The van der Waals surface area contributed by atoms with Crippen LogP contribution in [0.3, 0.4) is 0 Å². The molecule has 4 heteroatoms. The van der Waals surface area contributed by atoms with Crippen molar-refractivity contribution in [2.75, 3.05) is 12.3 Å². The summed E-state index contributed by atoms with van der Waals surface area (Å²) in [6, 6.07) is 7.89. The van der Waals surface area contributed by atoms with Crippen molar-refractivity contribution in [1.29, 1.82) is 0 Å². The summed E-state index contributed by atoms with van der Waals surface area (Å²) in [6.45, 7) is 4.23. The number of para-hydroxylation sites is 1. The summed E-state index contributed by atoms with van der Waals surface area (Å²) < 4.78 is 7.52. The summed E-state index contributed by atoms with van der Waals surface area (Å²) in [5, 5.41) is 4.20. The van der Waals surface area contributed by atoms with Gasteiger partial charge in [-0.3, -0.25) is 4.68 Å². The number of rotatable bonds is 6. The van der Waals surface area contributed by atoms with Crippen molar-refractivity contribution in [1.82, 2.24) is 9.78 Å². The average Bonchev–Trinajstić information content (AvgIpc) is 2.84. The maximum absolute atomic E-state index is 5.87. The lowest BCUT2D eigenvalue weighted by Gasteiger charge is -2.05. The molecule has 0 saturated heterocycles. The van der Waals surface area contributed by atoms with Crippen molar-refractivity contribution in [3.8, 4) is 0 Å². The van der Waals surface area contributed by atoms with Gasteiger partial charge in [0.1, 0.15) is 0 Å². The maximum atomic E-state index is 5.87. The van der Waals surface area contributed by atoms with Gasteiger partial charge >= 0.3 is 0 Å². The van der Waals surface area contributed by atoms with Gasteiger partial charge in [0.05, 0.1) is 19.4 Å². The van der Waals surface area contributed by atoms with Crippen molar-refractivity contribution in [2.45, 2.75) is 26.5 Å². The summed E-state index contributed by atoms with van der Waals surface area (Å²) in [6.07, 6.45) is 4.70. The molecule has 0 fully saturated rings. The van der Waals surface area contributed by atoms with Gasteiger partial charge in [-0.15, -0.1) is 0 Å². The van der Waals surface area contributed by atoms with Crippen molar-refractivity contribution in [3.05, 3.63) is 47.8 Å². The van der Waals surface area contributed by atoms with Crippen molar-refractivity contribution in [3.63, 3.8) is 0 Å². The molecule has 0 aliphatic rings. The smallest absolute Gasteiger partial charge is 0.0747 e. The molecule has 18 heavy (non-hydrogen) atoms. The summed E-state index contributed by atoms with van der Waals surface area (Å²) in [5.74, 6) is 0. The number of benzene rings is 1. The molecular formula is C14H19N3O. The van der Waals surface area contributed by atoms with Crippen LogP contribution in [0.5, 0.6) is 0 Å². The third-order valence-electron chi connectivity index (χ3n) is 2.85. The van der Waals surface area contributed by atoms with Crippen LogP contribution in [0.1, 0.15) is 18.1 Å². The van der Waals surface area contributed by atoms with Crippen LogP contribution in [-0.4, -0.2) is 16.4 Å². The third-order valence-corrected chi connectivity index (χ3v) is 2.85. The maximum Gasteiger partial charge on any atom is 0.0747 e. The number of hydrogen-bond acceptors (Lipinski definition) is 3. The molecule has 2 rings (SSSR count). The third kappa shape index (κ3) is 3.34. The highest BCUT2D eigenvalue weighted by Crippen LogP contribution is 2.11. The van der Waals surface area contributed by atoms with Gasteiger partial charge in [0, 0.05) is 24.0 Å². The van der Waals surface area contributed by atoms with E-state index in [0.29, 0.717) is 13.2 Å². The second-order valence-electron chi connectivity index (χ2n) is 4.21. The van der Waals surface area contributed by atoms with E-state index in [1.54, 1.807) is 0 Å². The molecule has 96 valence electrons. The van der Waals surface area contributed by atoms with E-state index in [1.807, 2.05) is 41.3 Å². The molecule has 4 nitrogen and oxygen atoms in total.